The molecule has 3 aliphatic heterocycles. The van der Waals surface area contributed by atoms with Crippen molar-refractivity contribution < 1.29 is 4.74 Å². The molecule has 3 aliphatic rings. The van der Waals surface area contributed by atoms with Gasteiger partial charge in [-0.05, 0) is 71.2 Å². The van der Waals surface area contributed by atoms with E-state index in [-0.39, 0.29) is 0 Å². The van der Waals surface area contributed by atoms with Crippen molar-refractivity contribution in [1.82, 2.24) is 15.1 Å². The van der Waals surface area contributed by atoms with Gasteiger partial charge in [0, 0.05) is 25.7 Å². The average Bonchev–Trinajstić information content (AvgIpc) is 3.02. The van der Waals surface area contributed by atoms with Gasteiger partial charge in [0.15, 0.2) is 0 Å². The Morgan fingerprint density at radius 3 is 2.57 bits per heavy atom. The second-order valence-corrected chi connectivity index (χ2v) is 7.01. The quantitative estimate of drug-likeness (QED) is 0.755. The average molecular weight is 295 g/mol. The van der Waals surface area contributed by atoms with Crippen LogP contribution in [0.2, 0.25) is 0 Å². The van der Waals surface area contributed by atoms with E-state index in [0.717, 1.165) is 25.7 Å². The Balaban J connectivity index is 1.26. The molecule has 0 saturated carbocycles. The number of hydrogen-bond donors (Lipinski definition) is 1. The molecule has 3 saturated heterocycles. The molecule has 0 aromatic rings. The minimum atomic E-state index is 0.519. The molecule has 4 heteroatoms. The number of hydrogen-bond acceptors (Lipinski definition) is 4. The SMILES string of the molecule is C1CCN(C2CCN(CCCOC3CCNCC3)C2)CC1. The number of piperidine rings is 2. The molecular formula is C17H33N3O. The molecule has 3 fully saturated rings. The third kappa shape index (κ3) is 4.92. The fourth-order valence-corrected chi connectivity index (χ4v) is 4.10. The van der Waals surface area contributed by atoms with Gasteiger partial charge in [-0.3, -0.25) is 4.90 Å². The Bertz CT molecular complexity index is 288. The standard InChI is InChI=1S/C17H33N3O/c1-2-11-20(12-3-1)16-7-13-19(15-16)10-4-14-21-17-5-8-18-9-6-17/h16-18H,1-15H2. The Kier molecular flexibility index (Phi) is 6.34. The zero-order chi connectivity index (χ0) is 14.3. The van der Waals surface area contributed by atoms with Crippen LogP contribution >= 0.6 is 0 Å². The van der Waals surface area contributed by atoms with Gasteiger partial charge < -0.3 is 15.0 Å². The van der Waals surface area contributed by atoms with Crippen molar-refractivity contribution in [2.75, 3.05) is 52.4 Å². The number of likely N-dealkylation sites (tertiary alicyclic amines) is 2. The van der Waals surface area contributed by atoms with Crippen molar-refractivity contribution in [2.24, 2.45) is 0 Å². The lowest BCUT2D eigenvalue weighted by Gasteiger charge is -2.32. The van der Waals surface area contributed by atoms with Crippen molar-refractivity contribution in [2.45, 2.75) is 57.1 Å². The smallest absolute Gasteiger partial charge is 0.0599 e. The van der Waals surface area contributed by atoms with Gasteiger partial charge in [0.25, 0.3) is 0 Å². The number of nitrogens with one attached hydrogen (secondary N) is 1. The lowest BCUT2D eigenvalue weighted by atomic mass is 10.1. The van der Waals surface area contributed by atoms with E-state index < -0.39 is 0 Å². The predicted molar refractivity (Wildman–Crippen MR) is 86.7 cm³/mol. The molecule has 0 aromatic heterocycles. The lowest BCUT2D eigenvalue weighted by Crippen LogP contribution is -2.41. The Morgan fingerprint density at radius 2 is 1.76 bits per heavy atom. The third-order valence-corrected chi connectivity index (χ3v) is 5.41. The van der Waals surface area contributed by atoms with Crippen LogP contribution in [0.1, 0.15) is 44.9 Å². The summed E-state index contributed by atoms with van der Waals surface area (Å²) in [5.41, 5.74) is 0. The van der Waals surface area contributed by atoms with E-state index in [0.29, 0.717) is 6.10 Å². The summed E-state index contributed by atoms with van der Waals surface area (Å²) in [4.78, 5) is 5.40. The first kappa shape index (κ1) is 15.7. The largest absolute Gasteiger partial charge is 0.378 e. The lowest BCUT2D eigenvalue weighted by molar-refractivity contribution is 0.0283. The first-order valence-electron chi connectivity index (χ1n) is 9.20. The Morgan fingerprint density at radius 1 is 0.952 bits per heavy atom. The molecule has 0 bridgehead atoms. The van der Waals surface area contributed by atoms with Crippen LogP contribution in [-0.4, -0.2) is 74.4 Å². The Labute approximate surface area is 130 Å². The molecule has 122 valence electrons. The van der Waals surface area contributed by atoms with Crippen LogP contribution in [0.3, 0.4) is 0 Å². The van der Waals surface area contributed by atoms with Crippen LogP contribution in [0.25, 0.3) is 0 Å². The molecule has 0 aliphatic carbocycles. The summed E-state index contributed by atoms with van der Waals surface area (Å²) in [5, 5.41) is 3.39. The van der Waals surface area contributed by atoms with Crippen molar-refractivity contribution in [1.29, 1.82) is 0 Å². The highest BCUT2D eigenvalue weighted by molar-refractivity contribution is 4.84. The van der Waals surface area contributed by atoms with Crippen LogP contribution in [0.15, 0.2) is 0 Å². The van der Waals surface area contributed by atoms with Crippen LogP contribution in [-0.2, 0) is 4.74 Å². The highest BCUT2D eigenvalue weighted by Crippen LogP contribution is 2.20. The number of nitrogens with zero attached hydrogens (tertiary/aromatic N) is 2. The van der Waals surface area contributed by atoms with E-state index in [1.54, 1.807) is 0 Å². The second kappa shape index (κ2) is 8.47. The van der Waals surface area contributed by atoms with Gasteiger partial charge in [0.1, 0.15) is 0 Å². The molecule has 1 atom stereocenters. The van der Waals surface area contributed by atoms with Crippen LogP contribution in [0, 0.1) is 0 Å². The van der Waals surface area contributed by atoms with Gasteiger partial charge >= 0.3 is 0 Å². The molecule has 0 radical (unpaired) electrons. The zero-order valence-corrected chi connectivity index (χ0v) is 13.6. The third-order valence-electron chi connectivity index (χ3n) is 5.41. The first-order chi connectivity index (χ1) is 10.4. The molecule has 0 spiro atoms. The molecule has 0 aromatic carbocycles. The van der Waals surface area contributed by atoms with Crippen LogP contribution in [0.5, 0.6) is 0 Å². The van der Waals surface area contributed by atoms with E-state index in [2.05, 4.69) is 15.1 Å². The van der Waals surface area contributed by atoms with Gasteiger partial charge in [0.05, 0.1) is 6.10 Å². The van der Waals surface area contributed by atoms with Crippen LogP contribution in [0.4, 0.5) is 0 Å². The van der Waals surface area contributed by atoms with Crippen molar-refractivity contribution >= 4 is 0 Å². The summed E-state index contributed by atoms with van der Waals surface area (Å²) in [5.74, 6) is 0. The topological polar surface area (TPSA) is 27.7 Å². The van der Waals surface area contributed by atoms with Gasteiger partial charge in [-0.15, -0.1) is 0 Å². The van der Waals surface area contributed by atoms with E-state index in [1.807, 2.05) is 0 Å². The molecule has 1 unspecified atom stereocenters. The summed E-state index contributed by atoms with van der Waals surface area (Å²) < 4.78 is 6.01. The van der Waals surface area contributed by atoms with Crippen LogP contribution < -0.4 is 5.32 Å². The fraction of sp³-hybridized carbons (Fsp3) is 1.00. The molecule has 3 rings (SSSR count). The maximum absolute atomic E-state index is 6.01. The maximum atomic E-state index is 6.01. The number of ether oxygens (including phenoxy) is 1. The van der Waals surface area contributed by atoms with E-state index in [1.165, 1.54) is 77.7 Å². The molecule has 0 amide bonds. The monoisotopic (exact) mass is 295 g/mol. The second-order valence-electron chi connectivity index (χ2n) is 7.01. The highest BCUT2D eigenvalue weighted by atomic mass is 16.5. The highest BCUT2D eigenvalue weighted by Gasteiger charge is 2.27. The predicted octanol–water partition coefficient (Wildman–Crippen LogP) is 1.71. The summed E-state index contributed by atoms with van der Waals surface area (Å²) in [6.45, 7) is 9.74. The minimum Gasteiger partial charge on any atom is -0.378 e. The molecule has 1 N–H and O–H groups in total. The van der Waals surface area contributed by atoms with Crippen molar-refractivity contribution in [3.05, 3.63) is 0 Å². The molecular weight excluding hydrogens is 262 g/mol. The summed E-state index contributed by atoms with van der Waals surface area (Å²) in [6.07, 6.45) is 9.78. The zero-order valence-electron chi connectivity index (χ0n) is 13.6. The summed E-state index contributed by atoms with van der Waals surface area (Å²) in [6, 6.07) is 0.843. The maximum Gasteiger partial charge on any atom is 0.0599 e. The minimum absolute atomic E-state index is 0.519. The van der Waals surface area contributed by atoms with Gasteiger partial charge in [-0.25, -0.2) is 0 Å². The van der Waals surface area contributed by atoms with E-state index in [4.69, 9.17) is 4.74 Å². The fourth-order valence-electron chi connectivity index (χ4n) is 4.10. The summed E-state index contributed by atoms with van der Waals surface area (Å²) >= 11 is 0. The number of rotatable bonds is 6. The first-order valence-corrected chi connectivity index (χ1v) is 9.20. The van der Waals surface area contributed by atoms with Crippen molar-refractivity contribution in [3.8, 4) is 0 Å². The van der Waals surface area contributed by atoms with E-state index >= 15 is 0 Å². The summed E-state index contributed by atoms with van der Waals surface area (Å²) in [7, 11) is 0. The normalized spacial score (nSPS) is 30.0. The van der Waals surface area contributed by atoms with Gasteiger partial charge in [-0.1, -0.05) is 6.42 Å². The molecule has 4 nitrogen and oxygen atoms in total. The molecule has 21 heavy (non-hydrogen) atoms. The van der Waals surface area contributed by atoms with Crippen molar-refractivity contribution in [3.63, 3.8) is 0 Å². The van der Waals surface area contributed by atoms with Gasteiger partial charge in [-0.2, -0.15) is 0 Å². The van der Waals surface area contributed by atoms with E-state index in [9.17, 15) is 0 Å². The molecule has 3 heterocycles. The Hall–Kier alpha value is -0.160. The van der Waals surface area contributed by atoms with Gasteiger partial charge in [0.2, 0.25) is 0 Å².